The van der Waals surface area contributed by atoms with Gasteiger partial charge in [0.05, 0.1) is 5.92 Å². The van der Waals surface area contributed by atoms with Crippen LogP contribution in [0.25, 0.3) is 0 Å². The summed E-state index contributed by atoms with van der Waals surface area (Å²) in [5, 5.41) is 0.664. The Morgan fingerprint density at radius 2 is 1.65 bits per heavy atom. The van der Waals surface area contributed by atoms with E-state index < -0.39 is 0 Å². The second-order valence-electron chi connectivity index (χ2n) is 6.57. The highest BCUT2D eigenvalue weighted by Gasteiger charge is 2.44. The zero-order valence-corrected chi connectivity index (χ0v) is 13.6. The molecule has 2 aliphatic carbocycles. The first-order chi connectivity index (χ1) is 11.1. The molecular formula is C19H18ClNO2. The number of benzene rings is 1. The van der Waals surface area contributed by atoms with Crippen LogP contribution in [0.3, 0.4) is 0 Å². The van der Waals surface area contributed by atoms with Gasteiger partial charge in [-0.05, 0) is 43.4 Å². The van der Waals surface area contributed by atoms with Gasteiger partial charge in [0.25, 0.3) is 0 Å². The fraction of sp³-hybridized carbons (Fsp3) is 0.421. The van der Waals surface area contributed by atoms with Crippen LogP contribution in [0.15, 0.2) is 40.5 Å². The number of hydrogen-bond acceptors (Lipinski definition) is 3. The Bertz CT molecular complexity index is 745. The van der Waals surface area contributed by atoms with Gasteiger partial charge >= 0.3 is 0 Å². The van der Waals surface area contributed by atoms with Gasteiger partial charge in [-0.2, -0.15) is 0 Å². The third kappa shape index (κ3) is 2.47. The predicted octanol–water partition coefficient (Wildman–Crippen LogP) is 4.25. The molecule has 0 saturated heterocycles. The Kier molecular flexibility index (Phi) is 3.68. The topological polar surface area (TPSA) is 46.5 Å². The van der Waals surface area contributed by atoms with Crippen LogP contribution in [-0.2, 0) is 9.59 Å². The zero-order chi connectivity index (χ0) is 16.0. The molecule has 118 valence electrons. The molecule has 1 saturated carbocycles. The van der Waals surface area contributed by atoms with E-state index in [2.05, 4.69) is 0 Å². The van der Waals surface area contributed by atoms with Gasteiger partial charge < -0.3 is 0 Å². The van der Waals surface area contributed by atoms with Crippen molar-refractivity contribution in [3.8, 4) is 0 Å². The highest BCUT2D eigenvalue weighted by atomic mass is 35.5. The van der Waals surface area contributed by atoms with Crippen molar-refractivity contribution in [2.24, 2.45) is 10.9 Å². The Hall–Kier alpha value is -1.74. The van der Waals surface area contributed by atoms with E-state index in [-0.39, 0.29) is 23.4 Å². The quantitative estimate of drug-likeness (QED) is 0.774. The fourth-order valence-corrected chi connectivity index (χ4v) is 4.26. The molecule has 0 radical (unpaired) electrons. The summed E-state index contributed by atoms with van der Waals surface area (Å²) in [5.41, 5.74) is 3.68. The van der Waals surface area contributed by atoms with Gasteiger partial charge in [0.1, 0.15) is 5.78 Å². The van der Waals surface area contributed by atoms with Crippen molar-refractivity contribution in [2.45, 2.75) is 44.4 Å². The second kappa shape index (κ2) is 5.72. The van der Waals surface area contributed by atoms with Gasteiger partial charge in [-0.15, -0.1) is 0 Å². The van der Waals surface area contributed by atoms with Gasteiger partial charge in [-0.25, -0.2) is 0 Å². The first-order valence-corrected chi connectivity index (χ1v) is 8.65. The second-order valence-corrected chi connectivity index (χ2v) is 7.00. The van der Waals surface area contributed by atoms with Crippen molar-refractivity contribution >= 4 is 28.9 Å². The number of allylic oxidation sites excluding steroid dienone is 2. The highest BCUT2D eigenvalue weighted by Crippen LogP contribution is 2.45. The van der Waals surface area contributed by atoms with Crippen LogP contribution in [0, 0.1) is 5.92 Å². The summed E-state index contributed by atoms with van der Waals surface area (Å²) >= 11 is 6.01. The summed E-state index contributed by atoms with van der Waals surface area (Å²) in [6.45, 7) is 0. The molecule has 23 heavy (non-hydrogen) atoms. The number of Topliss-reactive ketones (excluding diaryl/α,β-unsaturated/α-hetero) is 2. The zero-order valence-electron chi connectivity index (χ0n) is 12.8. The molecule has 3 nitrogen and oxygen atoms in total. The minimum atomic E-state index is -0.259. The molecule has 4 rings (SSSR count). The first-order valence-electron chi connectivity index (χ1n) is 8.27. The molecule has 1 heterocycles. The van der Waals surface area contributed by atoms with Crippen LogP contribution in [0.1, 0.15) is 50.0 Å². The largest absolute Gasteiger partial charge is 0.299 e. The highest BCUT2D eigenvalue weighted by molar-refractivity contribution is 6.30. The summed E-state index contributed by atoms with van der Waals surface area (Å²) in [4.78, 5) is 30.0. The van der Waals surface area contributed by atoms with E-state index in [0.29, 0.717) is 17.9 Å². The van der Waals surface area contributed by atoms with Gasteiger partial charge in [0, 0.05) is 40.8 Å². The van der Waals surface area contributed by atoms with E-state index in [1.54, 1.807) is 0 Å². The normalized spacial score (nSPS) is 27.4. The third-order valence-electron chi connectivity index (χ3n) is 5.14. The van der Waals surface area contributed by atoms with Gasteiger partial charge in [0.15, 0.2) is 5.78 Å². The molecule has 3 aliphatic rings. The van der Waals surface area contributed by atoms with Crippen LogP contribution >= 0.6 is 11.6 Å². The van der Waals surface area contributed by atoms with Gasteiger partial charge in [0.2, 0.25) is 0 Å². The molecule has 0 bridgehead atoms. The molecule has 1 unspecified atom stereocenters. The molecule has 1 aromatic rings. The van der Waals surface area contributed by atoms with Crippen molar-refractivity contribution in [2.75, 3.05) is 0 Å². The molecule has 1 fully saturated rings. The molecule has 0 amide bonds. The molecule has 2 atom stereocenters. The van der Waals surface area contributed by atoms with Crippen molar-refractivity contribution in [1.82, 2.24) is 0 Å². The number of rotatable bonds is 1. The van der Waals surface area contributed by atoms with Gasteiger partial charge in [-0.3, -0.25) is 14.6 Å². The third-order valence-corrected chi connectivity index (χ3v) is 5.39. The summed E-state index contributed by atoms with van der Waals surface area (Å²) in [6.07, 6.45) is 4.60. The molecule has 1 aromatic carbocycles. The van der Waals surface area contributed by atoms with Crippen molar-refractivity contribution in [1.29, 1.82) is 0 Å². The maximum absolute atomic E-state index is 12.6. The van der Waals surface area contributed by atoms with E-state index in [4.69, 9.17) is 16.6 Å². The lowest BCUT2D eigenvalue weighted by Gasteiger charge is -2.37. The summed E-state index contributed by atoms with van der Waals surface area (Å²) < 4.78 is 0. The maximum Gasteiger partial charge on any atom is 0.161 e. The van der Waals surface area contributed by atoms with E-state index in [1.807, 2.05) is 24.3 Å². The standard InChI is InChI=1S/C19H18ClNO2/c20-12-9-7-11(8-10-12)17-18-13(3-1-5-15(18)22)21-14-4-2-6-16(23)19(14)17/h7-10,17-18H,1-6H2/t17-,18?/m1/s1. The van der Waals surface area contributed by atoms with Crippen molar-refractivity contribution in [3.05, 3.63) is 46.1 Å². The van der Waals surface area contributed by atoms with Crippen LogP contribution in [0.4, 0.5) is 0 Å². The summed E-state index contributed by atoms with van der Waals surface area (Å²) in [5.74, 6) is -0.0478. The summed E-state index contributed by atoms with van der Waals surface area (Å²) in [7, 11) is 0. The number of carbonyl (C=O) groups excluding carboxylic acids is 2. The van der Waals surface area contributed by atoms with E-state index in [9.17, 15) is 9.59 Å². The number of ketones is 2. The lowest BCUT2D eigenvalue weighted by molar-refractivity contribution is -0.122. The molecule has 0 aromatic heterocycles. The lowest BCUT2D eigenvalue weighted by atomic mass is 9.67. The number of halogens is 1. The average molecular weight is 328 g/mol. The number of hydrogen-bond donors (Lipinski definition) is 0. The molecule has 4 heteroatoms. The Morgan fingerprint density at radius 3 is 2.43 bits per heavy atom. The van der Waals surface area contributed by atoms with E-state index >= 15 is 0 Å². The monoisotopic (exact) mass is 327 g/mol. The van der Waals surface area contributed by atoms with Crippen LogP contribution in [0.5, 0.6) is 0 Å². The molecule has 1 aliphatic heterocycles. The van der Waals surface area contributed by atoms with Crippen LogP contribution in [-0.4, -0.2) is 17.3 Å². The Morgan fingerprint density at radius 1 is 0.913 bits per heavy atom. The van der Waals surface area contributed by atoms with E-state index in [0.717, 1.165) is 48.2 Å². The number of carbonyl (C=O) groups is 2. The molecular weight excluding hydrogens is 310 g/mol. The first kappa shape index (κ1) is 14.8. The van der Waals surface area contributed by atoms with Crippen molar-refractivity contribution < 1.29 is 9.59 Å². The number of fused-ring (bicyclic) bond motifs is 1. The van der Waals surface area contributed by atoms with Crippen LogP contribution < -0.4 is 0 Å². The fourth-order valence-electron chi connectivity index (χ4n) is 4.13. The minimum Gasteiger partial charge on any atom is -0.299 e. The predicted molar refractivity (Wildman–Crippen MR) is 89.9 cm³/mol. The molecule has 0 N–H and O–H groups in total. The Labute approximate surface area is 140 Å². The minimum absolute atomic E-state index is 0.160. The number of aliphatic imine (C=N–C) groups is 1. The number of nitrogens with zero attached hydrogens (tertiary/aromatic N) is 1. The smallest absolute Gasteiger partial charge is 0.161 e. The molecule has 0 spiro atoms. The van der Waals surface area contributed by atoms with Gasteiger partial charge in [-0.1, -0.05) is 23.7 Å². The lowest BCUT2D eigenvalue weighted by Crippen LogP contribution is -2.39. The van der Waals surface area contributed by atoms with Crippen molar-refractivity contribution in [3.63, 3.8) is 0 Å². The Balaban J connectivity index is 1.89. The van der Waals surface area contributed by atoms with Crippen LogP contribution in [0.2, 0.25) is 5.02 Å². The average Bonchev–Trinajstić information content (AvgIpc) is 2.54. The van der Waals surface area contributed by atoms with E-state index in [1.165, 1.54) is 0 Å². The SMILES string of the molecule is O=C1CCCC2=C1[C@H](c1ccc(Cl)cc1)C1C(=O)CCCC1=N2. The maximum atomic E-state index is 12.6. The summed E-state index contributed by atoms with van der Waals surface area (Å²) in [6, 6.07) is 7.57.